The summed E-state index contributed by atoms with van der Waals surface area (Å²) < 4.78 is 0. The van der Waals surface area contributed by atoms with Crippen molar-refractivity contribution in [1.29, 1.82) is 0 Å². The van der Waals surface area contributed by atoms with Crippen LogP contribution in [-0.2, 0) is 0 Å². The fourth-order valence-electron chi connectivity index (χ4n) is 1.62. The SMILES string of the molecule is CC(C)CSCCNc1ccc2nc[nH]c(=O)c2n1. The molecule has 19 heavy (non-hydrogen) atoms. The summed E-state index contributed by atoms with van der Waals surface area (Å²) in [6.07, 6.45) is 1.39. The summed E-state index contributed by atoms with van der Waals surface area (Å²) in [5.74, 6) is 3.63. The molecule has 0 atom stereocenters. The Bertz CT molecular complexity index is 596. The average Bonchev–Trinajstić information content (AvgIpc) is 2.39. The Balaban J connectivity index is 1.94. The Morgan fingerprint density at radius 3 is 3.05 bits per heavy atom. The standard InChI is InChI=1S/C13H18N4OS/c1-9(2)7-19-6-5-14-11-4-3-10-12(17-11)13(18)16-8-15-10/h3-4,8-9H,5-7H2,1-2H3,(H,14,17)(H,15,16,18). The molecule has 0 saturated heterocycles. The molecule has 6 heteroatoms. The lowest BCUT2D eigenvalue weighted by Crippen LogP contribution is -2.11. The molecule has 0 aliphatic heterocycles. The highest BCUT2D eigenvalue weighted by atomic mass is 32.2. The number of thioether (sulfide) groups is 1. The van der Waals surface area contributed by atoms with E-state index in [4.69, 9.17) is 0 Å². The second-order valence-corrected chi connectivity index (χ2v) is 5.84. The van der Waals surface area contributed by atoms with Gasteiger partial charge in [-0.15, -0.1) is 0 Å². The van der Waals surface area contributed by atoms with E-state index in [1.54, 1.807) is 6.07 Å². The van der Waals surface area contributed by atoms with Gasteiger partial charge in [-0.25, -0.2) is 9.97 Å². The number of H-pyrrole nitrogens is 1. The molecule has 0 aliphatic rings. The molecule has 2 heterocycles. The van der Waals surface area contributed by atoms with Crippen molar-refractivity contribution in [1.82, 2.24) is 15.0 Å². The van der Waals surface area contributed by atoms with E-state index in [-0.39, 0.29) is 5.56 Å². The van der Waals surface area contributed by atoms with Gasteiger partial charge in [-0.05, 0) is 23.8 Å². The molecule has 0 spiro atoms. The summed E-state index contributed by atoms with van der Waals surface area (Å²) in [5, 5.41) is 3.23. The molecule has 2 rings (SSSR count). The van der Waals surface area contributed by atoms with Crippen LogP contribution in [0.5, 0.6) is 0 Å². The Morgan fingerprint density at radius 1 is 1.42 bits per heavy atom. The number of hydrogen-bond donors (Lipinski definition) is 2. The maximum absolute atomic E-state index is 11.6. The van der Waals surface area contributed by atoms with Gasteiger partial charge in [0.1, 0.15) is 5.82 Å². The predicted octanol–water partition coefficient (Wildman–Crippen LogP) is 2.12. The number of hydrogen-bond acceptors (Lipinski definition) is 5. The molecule has 2 N–H and O–H groups in total. The Morgan fingerprint density at radius 2 is 2.26 bits per heavy atom. The van der Waals surface area contributed by atoms with Crippen molar-refractivity contribution in [2.24, 2.45) is 5.92 Å². The minimum absolute atomic E-state index is 0.206. The number of pyridine rings is 1. The first-order valence-electron chi connectivity index (χ1n) is 6.33. The lowest BCUT2D eigenvalue weighted by molar-refractivity contribution is 0.750. The van der Waals surface area contributed by atoms with Crippen LogP contribution in [0.2, 0.25) is 0 Å². The van der Waals surface area contributed by atoms with Gasteiger partial charge >= 0.3 is 0 Å². The average molecular weight is 278 g/mol. The molecule has 0 saturated carbocycles. The largest absolute Gasteiger partial charge is 0.369 e. The normalized spacial score (nSPS) is 11.1. The fraction of sp³-hybridized carbons (Fsp3) is 0.462. The van der Waals surface area contributed by atoms with Gasteiger partial charge in [-0.3, -0.25) is 4.79 Å². The third-order valence-corrected chi connectivity index (χ3v) is 3.89. The van der Waals surface area contributed by atoms with E-state index in [9.17, 15) is 4.79 Å². The van der Waals surface area contributed by atoms with E-state index < -0.39 is 0 Å². The summed E-state index contributed by atoms with van der Waals surface area (Å²) in [7, 11) is 0. The number of rotatable bonds is 6. The van der Waals surface area contributed by atoms with Crippen LogP contribution in [0, 0.1) is 5.92 Å². The van der Waals surface area contributed by atoms with Crippen LogP contribution in [0.4, 0.5) is 5.82 Å². The Labute approximate surface area is 116 Å². The third kappa shape index (κ3) is 3.96. The van der Waals surface area contributed by atoms with Crippen molar-refractivity contribution in [3.63, 3.8) is 0 Å². The highest BCUT2D eigenvalue weighted by molar-refractivity contribution is 7.99. The molecule has 0 fully saturated rings. The molecular weight excluding hydrogens is 260 g/mol. The van der Waals surface area contributed by atoms with Gasteiger partial charge in [-0.1, -0.05) is 13.8 Å². The van der Waals surface area contributed by atoms with Crippen molar-refractivity contribution in [2.75, 3.05) is 23.4 Å². The quantitative estimate of drug-likeness (QED) is 0.792. The zero-order valence-corrected chi connectivity index (χ0v) is 12.0. The molecule has 2 aromatic heterocycles. The van der Waals surface area contributed by atoms with Crippen LogP contribution >= 0.6 is 11.8 Å². The second-order valence-electron chi connectivity index (χ2n) is 4.69. The molecule has 0 aromatic carbocycles. The molecule has 0 unspecified atom stereocenters. The summed E-state index contributed by atoms with van der Waals surface area (Å²) in [6, 6.07) is 3.66. The van der Waals surface area contributed by atoms with Crippen molar-refractivity contribution < 1.29 is 0 Å². The van der Waals surface area contributed by atoms with Crippen LogP contribution in [0.1, 0.15) is 13.8 Å². The summed E-state index contributed by atoms with van der Waals surface area (Å²) in [6.45, 7) is 5.27. The molecule has 0 radical (unpaired) electrons. The number of aromatic nitrogens is 3. The van der Waals surface area contributed by atoms with Crippen LogP contribution < -0.4 is 10.9 Å². The van der Waals surface area contributed by atoms with Gasteiger partial charge in [0.05, 0.1) is 11.8 Å². The number of aromatic amines is 1. The summed E-state index contributed by atoms with van der Waals surface area (Å²) in [4.78, 5) is 22.5. The van der Waals surface area contributed by atoms with Crippen molar-refractivity contribution in [3.05, 3.63) is 28.8 Å². The van der Waals surface area contributed by atoms with Gasteiger partial charge in [0, 0.05) is 12.3 Å². The van der Waals surface area contributed by atoms with E-state index in [1.807, 2.05) is 17.8 Å². The zero-order valence-electron chi connectivity index (χ0n) is 11.1. The minimum atomic E-state index is -0.206. The predicted molar refractivity (Wildman–Crippen MR) is 80.8 cm³/mol. The first kappa shape index (κ1) is 13.9. The lowest BCUT2D eigenvalue weighted by Gasteiger charge is -2.07. The fourth-order valence-corrected chi connectivity index (χ4v) is 2.51. The number of fused-ring (bicyclic) bond motifs is 1. The maximum Gasteiger partial charge on any atom is 0.277 e. The number of nitrogens with zero attached hydrogens (tertiary/aromatic N) is 2. The van der Waals surface area contributed by atoms with Gasteiger partial charge in [-0.2, -0.15) is 11.8 Å². The van der Waals surface area contributed by atoms with Gasteiger partial charge in [0.2, 0.25) is 0 Å². The van der Waals surface area contributed by atoms with Crippen LogP contribution in [0.15, 0.2) is 23.3 Å². The van der Waals surface area contributed by atoms with E-state index >= 15 is 0 Å². The van der Waals surface area contributed by atoms with Gasteiger partial charge < -0.3 is 10.3 Å². The Hall–Kier alpha value is -1.56. The van der Waals surface area contributed by atoms with Crippen LogP contribution in [0.25, 0.3) is 11.0 Å². The van der Waals surface area contributed by atoms with E-state index in [0.29, 0.717) is 17.0 Å². The molecule has 5 nitrogen and oxygen atoms in total. The minimum Gasteiger partial charge on any atom is -0.369 e. The maximum atomic E-state index is 11.6. The molecular formula is C13H18N4OS. The van der Waals surface area contributed by atoms with Crippen molar-refractivity contribution >= 4 is 28.6 Å². The van der Waals surface area contributed by atoms with Crippen molar-refractivity contribution in [2.45, 2.75) is 13.8 Å². The van der Waals surface area contributed by atoms with Gasteiger partial charge in [0.25, 0.3) is 5.56 Å². The van der Waals surface area contributed by atoms with Crippen molar-refractivity contribution in [3.8, 4) is 0 Å². The third-order valence-electron chi connectivity index (χ3n) is 2.49. The topological polar surface area (TPSA) is 70.7 Å². The smallest absolute Gasteiger partial charge is 0.277 e. The Kier molecular flexibility index (Phi) is 4.79. The number of anilines is 1. The molecule has 102 valence electrons. The highest BCUT2D eigenvalue weighted by Crippen LogP contribution is 2.10. The monoisotopic (exact) mass is 278 g/mol. The molecule has 0 bridgehead atoms. The highest BCUT2D eigenvalue weighted by Gasteiger charge is 2.02. The molecule has 0 amide bonds. The van der Waals surface area contributed by atoms with Crippen LogP contribution in [-0.4, -0.2) is 33.0 Å². The zero-order chi connectivity index (χ0) is 13.7. The molecule has 2 aromatic rings. The number of nitrogens with one attached hydrogen (secondary N) is 2. The first-order valence-corrected chi connectivity index (χ1v) is 7.48. The van der Waals surface area contributed by atoms with Gasteiger partial charge in [0.15, 0.2) is 5.52 Å². The second kappa shape index (κ2) is 6.56. The van der Waals surface area contributed by atoms with E-state index in [0.717, 1.165) is 23.9 Å². The van der Waals surface area contributed by atoms with E-state index in [2.05, 4.69) is 34.1 Å². The first-order chi connectivity index (χ1) is 9.16. The lowest BCUT2D eigenvalue weighted by atomic mass is 10.3. The summed E-state index contributed by atoms with van der Waals surface area (Å²) in [5.41, 5.74) is 0.786. The summed E-state index contributed by atoms with van der Waals surface area (Å²) >= 11 is 1.92. The molecule has 0 aliphatic carbocycles. The van der Waals surface area contributed by atoms with Crippen LogP contribution in [0.3, 0.4) is 0 Å². The van der Waals surface area contributed by atoms with E-state index in [1.165, 1.54) is 6.33 Å².